The van der Waals surface area contributed by atoms with Crippen LogP contribution in [-0.2, 0) is 12.7 Å². The molecule has 0 aliphatic heterocycles. The molecule has 130 valence electrons. The van der Waals surface area contributed by atoms with Gasteiger partial charge in [0, 0.05) is 5.69 Å². The Balaban J connectivity index is 1.74. The van der Waals surface area contributed by atoms with Crippen molar-refractivity contribution in [1.82, 2.24) is 10.2 Å². The molecule has 0 aliphatic carbocycles. The predicted molar refractivity (Wildman–Crippen MR) is 88.3 cm³/mol. The first-order chi connectivity index (χ1) is 11.8. The minimum atomic E-state index is -4.40. The van der Waals surface area contributed by atoms with Gasteiger partial charge in [0.1, 0.15) is 0 Å². The minimum Gasteiger partial charge on any atom is -0.419 e. The number of nitrogens with one attached hydrogen (secondary N) is 1. The molecule has 0 bridgehead atoms. The van der Waals surface area contributed by atoms with E-state index >= 15 is 0 Å². The van der Waals surface area contributed by atoms with Crippen molar-refractivity contribution in [3.63, 3.8) is 0 Å². The Kier molecular flexibility index (Phi) is 4.67. The van der Waals surface area contributed by atoms with Crippen LogP contribution in [0, 0.1) is 6.92 Å². The SMILES string of the molecule is Cc1ccc(NCc2nnc(-c3ccccc3Cl)o2)cc1C(F)(F)F. The molecular weight excluding hydrogens is 355 g/mol. The van der Waals surface area contributed by atoms with Crippen molar-refractivity contribution in [3.05, 3.63) is 64.5 Å². The minimum absolute atomic E-state index is 0.0951. The molecule has 0 spiro atoms. The van der Waals surface area contributed by atoms with Crippen LogP contribution in [0.1, 0.15) is 17.0 Å². The highest BCUT2D eigenvalue weighted by atomic mass is 35.5. The van der Waals surface area contributed by atoms with Gasteiger partial charge in [-0.3, -0.25) is 0 Å². The number of hydrogen-bond donors (Lipinski definition) is 1. The molecule has 0 saturated carbocycles. The van der Waals surface area contributed by atoms with Crippen LogP contribution in [0.25, 0.3) is 11.5 Å². The normalized spacial score (nSPS) is 11.6. The van der Waals surface area contributed by atoms with E-state index < -0.39 is 11.7 Å². The number of alkyl halides is 3. The Morgan fingerprint density at radius 3 is 2.60 bits per heavy atom. The molecule has 0 aliphatic rings. The first kappa shape index (κ1) is 17.3. The molecule has 8 heteroatoms. The summed E-state index contributed by atoms with van der Waals surface area (Å²) in [6.45, 7) is 1.51. The Labute approximate surface area is 146 Å². The van der Waals surface area contributed by atoms with Crippen molar-refractivity contribution in [2.24, 2.45) is 0 Å². The molecule has 0 saturated heterocycles. The van der Waals surface area contributed by atoms with Gasteiger partial charge < -0.3 is 9.73 Å². The second-order valence-electron chi connectivity index (χ2n) is 5.36. The Bertz CT molecular complexity index is 893. The lowest BCUT2D eigenvalue weighted by Crippen LogP contribution is -2.09. The van der Waals surface area contributed by atoms with E-state index in [1.807, 2.05) is 0 Å². The summed E-state index contributed by atoms with van der Waals surface area (Å²) >= 11 is 6.07. The zero-order valence-electron chi connectivity index (χ0n) is 13.1. The molecule has 4 nitrogen and oxygen atoms in total. The summed E-state index contributed by atoms with van der Waals surface area (Å²) in [7, 11) is 0. The van der Waals surface area contributed by atoms with E-state index in [4.69, 9.17) is 16.0 Å². The molecule has 1 heterocycles. The zero-order chi connectivity index (χ0) is 18.0. The Hall–Kier alpha value is -2.54. The van der Waals surface area contributed by atoms with Gasteiger partial charge in [0.15, 0.2) is 0 Å². The molecule has 3 aromatic rings. The number of aromatic nitrogens is 2. The highest BCUT2D eigenvalue weighted by Crippen LogP contribution is 2.33. The maximum absolute atomic E-state index is 12.9. The van der Waals surface area contributed by atoms with Crippen molar-refractivity contribution >= 4 is 17.3 Å². The number of nitrogens with zero attached hydrogens (tertiary/aromatic N) is 2. The monoisotopic (exact) mass is 367 g/mol. The van der Waals surface area contributed by atoms with Crippen molar-refractivity contribution in [3.8, 4) is 11.5 Å². The average molecular weight is 368 g/mol. The first-order valence-corrected chi connectivity index (χ1v) is 7.71. The van der Waals surface area contributed by atoms with Gasteiger partial charge in [0.25, 0.3) is 0 Å². The van der Waals surface area contributed by atoms with E-state index in [1.54, 1.807) is 30.3 Å². The second-order valence-corrected chi connectivity index (χ2v) is 5.77. The summed E-state index contributed by atoms with van der Waals surface area (Å²) in [5, 5.41) is 11.1. The lowest BCUT2D eigenvalue weighted by Gasteiger charge is -2.12. The third kappa shape index (κ3) is 3.93. The van der Waals surface area contributed by atoms with Gasteiger partial charge in [0.2, 0.25) is 11.8 Å². The summed E-state index contributed by atoms with van der Waals surface area (Å²) in [6, 6.07) is 11.0. The largest absolute Gasteiger partial charge is 0.419 e. The molecule has 0 unspecified atom stereocenters. The van der Waals surface area contributed by atoms with Crippen LogP contribution in [0.5, 0.6) is 0 Å². The summed E-state index contributed by atoms with van der Waals surface area (Å²) in [6.07, 6.45) is -4.40. The molecule has 25 heavy (non-hydrogen) atoms. The fourth-order valence-corrected chi connectivity index (χ4v) is 2.50. The first-order valence-electron chi connectivity index (χ1n) is 7.33. The number of halogens is 4. The van der Waals surface area contributed by atoms with Gasteiger partial charge in [-0.2, -0.15) is 13.2 Å². The fourth-order valence-electron chi connectivity index (χ4n) is 2.28. The van der Waals surface area contributed by atoms with Crippen LogP contribution in [0.2, 0.25) is 5.02 Å². The van der Waals surface area contributed by atoms with Gasteiger partial charge in [-0.05, 0) is 36.8 Å². The smallest absolute Gasteiger partial charge is 0.416 e. The summed E-state index contributed by atoms with van der Waals surface area (Å²) < 4.78 is 44.3. The number of anilines is 1. The quantitative estimate of drug-likeness (QED) is 0.677. The highest BCUT2D eigenvalue weighted by Gasteiger charge is 2.32. The molecule has 0 fully saturated rings. The van der Waals surface area contributed by atoms with Crippen molar-refractivity contribution in [1.29, 1.82) is 0 Å². The number of rotatable bonds is 4. The molecule has 0 radical (unpaired) electrons. The van der Waals surface area contributed by atoms with Crippen molar-refractivity contribution in [2.45, 2.75) is 19.6 Å². The van der Waals surface area contributed by atoms with Crippen LogP contribution >= 0.6 is 11.6 Å². The molecule has 3 rings (SSSR count). The lowest BCUT2D eigenvalue weighted by molar-refractivity contribution is -0.138. The third-order valence-corrected chi connectivity index (χ3v) is 3.89. The number of benzene rings is 2. The lowest BCUT2D eigenvalue weighted by atomic mass is 10.1. The van der Waals surface area contributed by atoms with Crippen LogP contribution in [0.15, 0.2) is 46.9 Å². The molecular formula is C17H13ClF3N3O. The van der Waals surface area contributed by atoms with Crippen molar-refractivity contribution < 1.29 is 17.6 Å². The Morgan fingerprint density at radius 2 is 1.88 bits per heavy atom. The van der Waals surface area contributed by atoms with E-state index in [0.29, 0.717) is 16.3 Å². The van der Waals surface area contributed by atoms with Crippen LogP contribution < -0.4 is 5.32 Å². The summed E-state index contributed by atoms with van der Waals surface area (Å²) in [4.78, 5) is 0. The Morgan fingerprint density at radius 1 is 1.12 bits per heavy atom. The topological polar surface area (TPSA) is 51.0 Å². The summed E-state index contributed by atoms with van der Waals surface area (Å²) in [5.41, 5.74) is 0.393. The number of hydrogen-bond acceptors (Lipinski definition) is 4. The molecule has 1 aromatic heterocycles. The highest BCUT2D eigenvalue weighted by molar-refractivity contribution is 6.33. The molecule has 2 aromatic carbocycles. The number of aryl methyl sites for hydroxylation is 1. The molecule has 0 amide bonds. The van der Waals surface area contributed by atoms with E-state index in [-0.39, 0.29) is 23.9 Å². The fraction of sp³-hybridized carbons (Fsp3) is 0.176. The van der Waals surface area contributed by atoms with Gasteiger partial charge in [-0.15, -0.1) is 10.2 Å². The standard InChI is InChI=1S/C17H13ClF3N3O/c1-10-6-7-11(8-13(10)17(19,20)21)22-9-15-23-24-16(25-15)12-4-2-3-5-14(12)18/h2-8,22H,9H2,1H3. The van der Waals surface area contributed by atoms with Crippen LogP contribution in [0.4, 0.5) is 18.9 Å². The molecule has 1 N–H and O–H groups in total. The van der Waals surface area contributed by atoms with E-state index in [9.17, 15) is 13.2 Å². The maximum atomic E-state index is 12.9. The van der Waals surface area contributed by atoms with Gasteiger partial charge in [0.05, 0.1) is 22.7 Å². The summed E-state index contributed by atoms with van der Waals surface area (Å²) in [5.74, 6) is 0.492. The van der Waals surface area contributed by atoms with Gasteiger partial charge in [-0.1, -0.05) is 29.8 Å². The van der Waals surface area contributed by atoms with Crippen LogP contribution in [0.3, 0.4) is 0 Å². The maximum Gasteiger partial charge on any atom is 0.416 e. The van der Waals surface area contributed by atoms with E-state index in [1.165, 1.54) is 13.0 Å². The predicted octanol–water partition coefficient (Wildman–Crippen LogP) is 5.33. The van der Waals surface area contributed by atoms with Gasteiger partial charge >= 0.3 is 6.18 Å². The average Bonchev–Trinajstić information content (AvgIpc) is 3.02. The van der Waals surface area contributed by atoms with Crippen LogP contribution in [-0.4, -0.2) is 10.2 Å². The van der Waals surface area contributed by atoms with E-state index in [0.717, 1.165) is 6.07 Å². The molecule has 0 atom stereocenters. The van der Waals surface area contributed by atoms with Crippen molar-refractivity contribution in [2.75, 3.05) is 5.32 Å². The third-order valence-electron chi connectivity index (χ3n) is 3.56. The van der Waals surface area contributed by atoms with Gasteiger partial charge in [-0.25, -0.2) is 0 Å². The second kappa shape index (κ2) is 6.76. The van der Waals surface area contributed by atoms with E-state index in [2.05, 4.69) is 15.5 Å². The zero-order valence-corrected chi connectivity index (χ0v) is 13.8.